The number of hydrogen-bond acceptors (Lipinski definition) is 3. The minimum atomic E-state index is -0.420. The quantitative estimate of drug-likeness (QED) is 0.804. The van der Waals surface area contributed by atoms with Crippen molar-refractivity contribution in [1.29, 1.82) is 0 Å². The summed E-state index contributed by atoms with van der Waals surface area (Å²) in [6.45, 7) is 12.8. The predicted molar refractivity (Wildman–Crippen MR) is 80.3 cm³/mol. The van der Waals surface area contributed by atoms with E-state index >= 15 is 0 Å². The van der Waals surface area contributed by atoms with Gasteiger partial charge in [-0.1, -0.05) is 13.8 Å². The first-order valence-electron chi connectivity index (χ1n) is 7.79. The third-order valence-corrected chi connectivity index (χ3v) is 4.67. The van der Waals surface area contributed by atoms with Crippen molar-refractivity contribution in [2.24, 2.45) is 28.9 Å². The van der Waals surface area contributed by atoms with Crippen LogP contribution in [0, 0.1) is 23.2 Å². The molecule has 1 saturated carbocycles. The van der Waals surface area contributed by atoms with Gasteiger partial charge in [-0.05, 0) is 63.3 Å². The maximum atomic E-state index is 12.3. The lowest BCUT2D eigenvalue weighted by Crippen LogP contribution is -2.56. The molecule has 1 amide bonds. The Morgan fingerprint density at radius 1 is 1.25 bits per heavy atom. The number of likely N-dealkylation sites (tertiary alicyclic amines) is 1. The van der Waals surface area contributed by atoms with Crippen LogP contribution in [0.4, 0.5) is 4.79 Å². The van der Waals surface area contributed by atoms with Gasteiger partial charge in [0.25, 0.3) is 0 Å². The molecule has 2 rings (SSSR count). The molecule has 0 aromatic rings. The Morgan fingerprint density at radius 3 is 2.15 bits per heavy atom. The van der Waals surface area contributed by atoms with Gasteiger partial charge in [-0.15, -0.1) is 0 Å². The lowest BCUT2D eigenvalue weighted by atomic mass is 9.60. The Hall–Kier alpha value is -0.770. The highest BCUT2D eigenvalue weighted by atomic mass is 16.6. The number of ether oxygens (including phenoxy) is 1. The zero-order valence-corrected chi connectivity index (χ0v) is 13.6. The van der Waals surface area contributed by atoms with Gasteiger partial charge in [-0.2, -0.15) is 0 Å². The number of carbonyl (C=O) groups is 1. The van der Waals surface area contributed by atoms with Crippen molar-refractivity contribution in [2.45, 2.75) is 53.1 Å². The monoisotopic (exact) mass is 282 g/mol. The molecular formula is C16H30N2O2. The predicted octanol–water partition coefficient (Wildman–Crippen LogP) is 2.86. The van der Waals surface area contributed by atoms with Gasteiger partial charge in [0, 0.05) is 13.1 Å². The van der Waals surface area contributed by atoms with Crippen molar-refractivity contribution in [3.63, 3.8) is 0 Å². The van der Waals surface area contributed by atoms with Crippen molar-refractivity contribution in [3.05, 3.63) is 0 Å². The summed E-state index contributed by atoms with van der Waals surface area (Å²) in [5.41, 5.74) is 5.93. The molecule has 0 aromatic heterocycles. The van der Waals surface area contributed by atoms with E-state index in [1.165, 1.54) is 0 Å². The molecule has 1 saturated heterocycles. The molecule has 2 unspecified atom stereocenters. The zero-order valence-electron chi connectivity index (χ0n) is 13.6. The number of rotatable bonds is 1. The molecule has 2 atom stereocenters. The fourth-order valence-electron chi connectivity index (χ4n) is 4.09. The summed E-state index contributed by atoms with van der Waals surface area (Å²) in [5, 5.41) is 0. The molecule has 4 nitrogen and oxygen atoms in total. The van der Waals surface area contributed by atoms with Gasteiger partial charge < -0.3 is 15.4 Å². The molecule has 4 heteroatoms. The number of carbonyl (C=O) groups excluding carboxylic acids is 1. The van der Waals surface area contributed by atoms with Crippen molar-refractivity contribution < 1.29 is 9.53 Å². The van der Waals surface area contributed by atoms with E-state index in [0.29, 0.717) is 23.2 Å². The third-order valence-electron chi connectivity index (χ3n) is 4.67. The molecule has 2 bridgehead atoms. The standard InChI is InChI=1S/C16H30N2O2/c1-15(2,3)20-14(19)18-9-11-6-16(4,5)7-12(10-18)13(11)8-17/h11-13H,6-10,17H2,1-5H3. The number of nitrogens with two attached hydrogens (primary N) is 1. The van der Waals surface area contributed by atoms with Crippen molar-refractivity contribution in [1.82, 2.24) is 4.90 Å². The SMILES string of the molecule is CC1(C)CC2CN(C(=O)OC(C)(C)C)CC(C1)C2CN. The Labute approximate surface area is 123 Å². The molecule has 1 heterocycles. The highest BCUT2D eigenvalue weighted by Gasteiger charge is 2.46. The summed E-state index contributed by atoms with van der Waals surface area (Å²) in [6, 6.07) is 0. The average Bonchev–Trinajstić information content (AvgIpc) is 2.23. The van der Waals surface area contributed by atoms with E-state index in [1.54, 1.807) is 0 Å². The third kappa shape index (κ3) is 3.46. The van der Waals surface area contributed by atoms with Gasteiger partial charge in [-0.3, -0.25) is 0 Å². The summed E-state index contributed by atoms with van der Waals surface area (Å²) < 4.78 is 5.52. The van der Waals surface area contributed by atoms with Gasteiger partial charge in [0.05, 0.1) is 0 Å². The van der Waals surface area contributed by atoms with Crippen LogP contribution in [-0.2, 0) is 4.74 Å². The Kier molecular flexibility index (Phi) is 4.07. The average molecular weight is 282 g/mol. The van der Waals surface area contributed by atoms with Crippen molar-refractivity contribution >= 4 is 6.09 Å². The van der Waals surface area contributed by atoms with Crippen LogP contribution in [0.15, 0.2) is 0 Å². The molecule has 2 N–H and O–H groups in total. The van der Waals surface area contributed by atoms with Gasteiger partial charge in [0.2, 0.25) is 0 Å². The van der Waals surface area contributed by atoms with E-state index in [-0.39, 0.29) is 6.09 Å². The van der Waals surface area contributed by atoms with E-state index in [4.69, 9.17) is 10.5 Å². The summed E-state index contributed by atoms with van der Waals surface area (Å²) >= 11 is 0. The fraction of sp³-hybridized carbons (Fsp3) is 0.938. The van der Waals surface area contributed by atoms with E-state index in [2.05, 4.69) is 13.8 Å². The zero-order chi connectivity index (χ0) is 15.1. The molecule has 116 valence electrons. The highest BCUT2D eigenvalue weighted by molar-refractivity contribution is 5.68. The molecule has 0 aromatic carbocycles. The second kappa shape index (κ2) is 5.21. The molecule has 1 aliphatic carbocycles. The summed E-state index contributed by atoms with van der Waals surface area (Å²) in [7, 11) is 0. The van der Waals surface area contributed by atoms with Crippen molar-refractivity contribution in [2.75, 3.05) is 19.6 Å². The van der Waals surface area contributed by atoms with Crippen LogP contribution in [0.1, 0.15) is 47.5 Å². The molecule has 2 aliphatic rings. The molecule has 20 heavy (non-hydrogen) atoms. The minimum Gasteiger partial charge on any atom is -0.444 e. The number of hydrogen-bond donors (Lipinski definition) is 1. The smallest absolute Gasteiger partial charge is 0.410 e. The maximum Gasteiger partial charge on any atom is 0.410 e. The minimum absolute atomic E-state index is 0.164. The number of nitrogens with zero attached hydrogens (tertiary/aromatic N) is 1. The molecular weight excluding hydrogens is 252 g/mol. The number of amides is 1. The van der Waals surface area contributed by atoms with Crippen LogP contribution < -0.4 is 5.73 Å². The molecule has 0 spiro atoms. The summed E-state index contributed by atoms with van der Waals surface area (Å²) in [4.78, 5) is 14.2. The topological polar surface area (TPSA) is 55.6 Å². The van der Waals surface area contributed by atoms with Gasteiger partial charge in [0.1, 0.15) is 5.60 Å². The Morgan fingerprint density at radius 2 is 1.75 bits per heavy atom. The second-order valence-corrected chi connectivity index (χ2v) is 8.38. The first-order valence-corrected chi connectivity index (χ1v) is 7.79. The first-order chi connectivity index (χ1) is 9.11. The van der Waals surface area contributed by atoms with Crippen LogP contribution >= 0.6 is 0 Å². The van der Waals surface area contributed by atoms with E-state index in [0.717, 1.165) is 32.5 Å². The Balaban J connectivity index is 2.07. The molecule has 2 fully saturated rings. The second-order valence-electron chi connectivity index (χ2n) is 8.38. The normalized spacial score (nSPS) is 32.9. The van der Waals surface area contributed by atoms with Crippen LogP contribution in [0.3, 0.4) is 0 Å². The van der Waals surface area contributed by atoms with Crippen LogP contribution in [0.2, 0.25) is 0 Å². The number of piperidine rings is 1. The van der Waals surface area contributed by atoms with E-state index in [1.807, 2.05) is 25.7 Å². The van der Waals surface area contributed by atoms with Crippen molar-refractivity contribution in [3.8, 4) is 0 Å². The lowest BCUT2D eigenvalue weighted by molar-refractivity contribution is -0.0398. The molecule has 1 aliphatic heterocycles. The first kappa shape index (κ1) is 15.6. The molecule has 0 radical (unpaired) electrons. The van der Waals surface area contributed by atoms with Gasteiger partial charge in [0.15, 0.2) is 0 Å². The summed E-state index contributed by atoms with van der Waals surface area (Å²) in [5.74, 6) is 1.62. The number of fused-ring (bicyclic) bond motifs is 2. The largest absolute Gasteiger partial charge is 0.444 e. The fourth-order valence-corrected chi connectivity index (χ4v) is 4.09. The van der Waals surface area contributed by atoms with Crippen LogP contribution in [0.5, 0.6) is 0 Å². The summed E-state index contributed by atoms with van der Waals surface area (Å²) in [6.07, 6.45) is 2.15. The van der Waals surface area contributed by atoms with E-state index in [9.17, 15) is 4.79 Å². The van der Waals surface area contributed by atoms with Gasteiger partial charge >= 0.3 is 6.09 Å². The van der Waals surface area contributed by atoms with Gasteiger partial charge in [-0.25, -0.2) is 4.79 Å². The highest BCUT2D eigenvalue weighted by Crippen LogP contribution is 2.48. The van der Waals surface area contributed by atoms with E-state index < -0.39 is 5.60 Å². The van der Waals surface area contributed by atoms with Crippen LogP contribution in [0.25, 0.3) is 0 Å². The lowest BCUT2D eigenvalue weighted by Gasteiger charge is -2.52. The maximum absolute atomic E-state index is 12.3. The van der Waals surface area contributed by atoms with Crippen LogP contribution in [-0.4, -0.2) is 36.2 Å². The Bertz CT molecular complexity index is 355.